The Hall–Kier alpha value is -2.19. The number of anilines is 1. The Kier molecular flexibility index (Phi) is 5.51. The van der Waals surface area contributed by atoms with Gasteiger partial charge in [-0.3, -0.25) is 0 Å². The van der Waals surface area contributed by atoms with E-state index in [1.807, 2.05) is 43.3 Å². The van der Waals surface area contributed by atoms with Crippen LogP contribution in [0.2, 0.25) is 0 Å². The molecular formula is C15H16N2O4S2. The zero-order valence-electron chi connectivity index (χ0n) is 13.2. The van der Waals surface area contributed by atoms with Crippen molar-refractivity contribution < 1.29 is 19.1 Å². The van der Waals surface area contributed by atoms with Gasteiger partial charge in [0.05, 0.1) is 19.9 Å². The molecular weight excluding hydrogens is 336 g/mol. The molecule has 0 spiro atoms. The van der Waals surface area contributed by atoms with Crippen LogP contribution in [0, 0.1) is 0 Å². The highest BCUT2D eigenvalue weighted by Crippen LogP contribution is 2.22. The quantitative estimate of drug-likeness (QED) is 0.792. The summed E-state index contributed by atoms with van der Waals surface area (Å²) in [5, 5.41) is 0. The number of carbonyl (C=O) groups excluding carboxylic acids is 2. The van der Waals surface area contributed by atoms with E-state index in [1.165, 1.54) is 14.2 Å². The molecule has 0 radical (unpaired) electrons. The first-order valence-corrected chi connectivity index (χ1v) is 8.22. The Morgan fingerprint density at radius 1 is 0.957 bits per heavy atom. The Morgan fingerprint density at radius 3 is 1.83 bits per heavy atom. The average molecular weight is 352 g/mol. The third-order valence-electron chi connectivity index (χ3n) is 2.91. The van der Waals surface area contributed by atoms with Gasteiger partial charge in [-0.25, -0.2) is 14.6 Å². The lowest BCUT2D eigenvalue weighted by Crippen LogP contribution is -2.07. The molecule has 0 aliphatic carbocycles. The van der Waals surface area contributed by atoms with E-state index in [0.717, 1.165) is 34.0 Å². The van der Waals surface area contributed by atoms with Gasteiger partial charge in [0.2, 0.25) is 0 Å². The highest BCUT2D eigenvalue weighted by molar-refractivity contribution is 7.29. The van der Waals surface area contributed by atoms with Crippen LogP contribution in [0.25, 0.3) is 0 Å². The van der Waals surface area contributed by atoms with Crippen LogP contribution in [-0.2, 0) is 9.47 Å². The summed E-state index contributed by atoms with van der Waals surface area (Å²) in [7, 11) is 6.45. The van der Waals surface area contributed by atoms with E-state index in [4.69, 9.17) is 9.47 Å². The number of esters is 2. The molecule has 0 aliphatic heterocycles. The fraction of sp³-hybridized carbons (Fsp3) is 0.267. The summed E-state index contributed by atoms with van der Waals surface area (Å²) in [5.41, 5.74) is 1.80. The van der Waals surface area contributed by atoms with Gasteiger partial charge in [-0.2, -0.15) is 0 Å². The first-order chi connectivity index (χ1) is 11.0. The zero-order chi connectivity index (χ0) is 17.0. The average Bonchev–Trinajstić information content (AvgIpc) is 2.97. The predicted molar refractivity (Wildman–Crippen MR) is 90.9 cm³/mol. The minimum absolute atomic E-state index is 0.202. The second-order valence-electron chi connectivity index (χ2n) is 4.63. The van der Waals surface area contributed by atoms with Crippen LogP contribution in [0.5, 0.6) is 0 Å². The van der Waals surface area contributed by atoms with E-state index in [2.05, 4.69) is 4.99 Å². The van der Waals surface area contributed by atoms with Crippen LogP contribution in [0.3, 0.4) is 0 Å². The molecule has 1 heterocycles. The highest BCUT2D eigenvalue weighted by Gasteiger charge is 2.22. The van der Waals surface area contributed by atoms with Crippen molar-refractivity contribution in [3.8, 4) is 0 Å². The molecule has 122 valence electrons. The van der Waals surface area contributed by atoms with Crippen molar-refractivity contribution in [2.45, 2.75) is 0 Å². The standard InChI is InChI=1S/C15H16N2O4S2/c1-17(2)10-7-5-9(6-8-10)16-15-22-11(13(18)20-3)12(23-15)14(19)21-4/h5-8H,1-4H3. The van der Waals surface area contributed by atoms with Gasteiger partial charge in [0.1, 0.15) is 9.75 Å². The van der Waals surface area contributed by atoms with Gasteiger partial charge in [0, 0.05) is 19.8 Å². The van der Waals surface area contributed by atoms with Crippen LogP contribution >= 0.6 is 22.7 Å². The number of methoxy groups -OCH3 is 2. The van der Waals surface area contributed by atoms with Gasteiger partial charge in [0.15, 0.2) is 3.98 Å². The maximum absolute atomic E-state index is 11.8. The number of rotatable bonds is 4. The lowest BCUT2D eigenvalue weighted by molar-refractivity contribution is 0.0564. The van der Waals surface area contributed by atoms with Gasteiger partial charge in [-0.15, -0.1) is 0 Å². The minimum Gasteiger partial charge on any atom is -0.465 e. The van der Waals surface area contributed by atoms with Crippen molar-refractivity contribution in [1.29, 1.82) is 0 Å². The molecule has 0 N–H and O–H groups in total. The summed E-state index contributed by atoms with van der Waals surface area (Å²) in [6.07, 6.45) is 0. The second kappa shape index (κ2) is 7.38. The van der Waals surface area contributed by atoms with Gasteiger partial charge >= 0.3 is 11.9 Å². The lowest BCUT2D eigenvalue weighted by atomic mass is 10.3. The molecule has 1 aromatic heterocycles. The molecule has 2 rings (SSSR count). The monoisotopic (exact) mass is 352 g/mol. The van der Waals surface area contributed by atoms with E-state index in [1.54, 1.807) is 0 Å². The number of hydrogen-bond acceptors (Lipinski definition) is 8. The number of carbonyl (C=O) groups is 2. The maximum Gasteiger partial charge on any atom is 0.349 e. The molecule has 2 aromatic rings. The Labute approximate surface area is 141 Å². The molecule has 0 bridgehead atoms. The predicted octanol–water partition coefficient (Wildman–Crippen LogP) is 2.68. The summed E-state index contributed by atoms with van der Waals surface area (Å²) in [6, 6.07) is 7.63. The molecule has 0 saturated heterocycles. The highest BCUT2D eigenvalue weighted by atomic mass is 32.2. The van der Waals surface area contributed by atoms with Crippen LogP contribution in [0.1, 0.15) is 19.3 Å². The van der Waals surface area contributed by atoms with Crippen molar-refractivity contribution in [2.75, 3.05) is 33.2 Å². The smallest absolute Gasteiger partial charge is 0.349 e. The summed E-state index contributed by atoms with van der Waals surface area (Å²) >= 11 is 2.21. The van der Waals surface area contributed by atoms with Crippen molar-refractivity contribution >= 4 is 46.0 Å². The maximum atomic E-state index is 11.8. The zero-order valence-corrected chi connectivity index (χ0v) is 14.8. The lowest BCUT2D eigenvalue weighted by Gasteiger charge is -2.11. The summed E-state index contributed by atoms with van der Waals surface area (Å²) in [6.45, 7) is 0. The van der Waals surface area contributed by atoms with Crippen molar-refractivity contribution in [3.63, 3.8) is 0 Å². The molecule has 23 heavy (non-hydrogen) atoms. The van der Waals surface area contributed by atoms with Gasteiger partial charge in [0.25, 0.3) is 0 Å². The Bertz CT molecular complexity index is 739. The van der Waals surface area contributed by atoms with E-state index < -0.39 is 11.9 Å². The fourth-order valence-electron chi connectivity index (χ4n) is 1.72. The summed E-state index contributed by atoms with van der Waals surface area (Å²) in [5.74, 6) is -1.15. The number of hydrogen-bond donors (Lipinski definition) is 0. The number of ether oxygens (including phenoxy) is 2. The minimum atomic E-state index is -0.573. The van der Waals surface area contributed by atoms with E-state index in [9.17, 15) is 9.59 Å². The second-order valence-corrected chi connectivity index (χ2v) is 6.89. The van der Waals surface area contributed by atoms with E-state index in [0.29, 0.717) is 3.98 Å². The van der Waals surface area contributed by atoms with Crippen molar-refractivity contribution in [3.05, 3.63) is 38.0 Å². The third kappa shape index (κ3) is 3.96. The first-order valence-electron chi connectivity index (χ1n) is 6.59. The number of nitrogens with zero attached hydrogens (tertiary/aromatic N) is 2. The molecule has 0 fully saturated rings. The Balaban J connectivity index is 2.44. The molecule has 0 atom stereocenters. The number of benzene rings is 1. The van der Waals surface area contributed by atoms with Crippen LogP contribution < -0.4 is 8.88 Å². The molecule has 0 saturated carbocycles. The molecule has 0 aliphatic rings. The van der Waals surface area contributed by atoms with E-state index >= 15 is 0 Å². The molecule has 6 nitrogen and oxygen atoms in total. The van der Waals surface area contributed by atoms with Crippen LogP contribution in [0.15, 0.2) is 29.3 Å². The SMILES string of the molecule is COC(=O)c1sc(=Nc2ccc(N(C)C)cc2)sc1C(=O)OC. The van der Waals surface area contributed by atoms with Crippen molar-refractivity contribution in [2.24, 2.45) is 4.99 Å². The van der Waals surface area contributed by atoms with Crippen LogP contribution in [0.4, 0.5) is 11.4 Å². The summed E-state index contributed by atoms with van der Waals surface area (Å²) in [4.78, 5) is 30.4. The van der Waals surface area contributed by atoms with Gasteiger partial charge in [-0.1, -0.05) is 22.7 Å². The topological polar surface area (TPSA) is 68.2 Å². The van der Waals surface area contributed by atoms with Gasteiger partial charge < -0.3 is 14.4 Å². The third-order valence-corrected chi connectivity index (χ3v) is 5.22. The largest absolute Gasteiger partial charge is 0.465 e. The normalized spacial score (nSPS) is 10.1. The van der Waals surface area contributed by atoms with E-state index in [-0.39, 0.29) is 9.75 Å². The summed E-state index contributed by atoms with van der Waals surface area (Å²) < 4.78 is 9.97. The Morgan fingerprint density at radius 2 is 1.43 bits per heavy atom. The molecule has 1 aromatic carbocycles. The molecule has 8 heteroatoms. The molecule has 0 amide bonds. The fourth-order valence-corrected chi connectivity index (χ4v) is 3.97. The van der Waals surface area contributed by atoms with Crippen molar-refractivity contribution in [1.82, 2.24) is 0 Å². The van der Waals surface area contributed by atoms with Gasteiger partial charge in [-0.05, 0) is 24.3 Å². The van der Waals surface area contributed by atoms with Crippen LogP contribution in [-0.4, -0.2) is 40.3 Å². The first kappa shape index (κ1) is 17.2. The molecule has 0 unspecified atom stereocenters.